The predicted octanol–water partition coefficient (Wildman–Crippen LogP) is 3.59. The van der Waals surface area contributed by atoms with Crippen molar-refractivity contribution in [2.75, 3.05) is 19.6 Å². The number of hydrogen-bond donors (Lipinski definition) is 2. The molecule has 1 fully saturated rings. The Morgan fingerprint density at radius 1 is 1.10 bits per heavy atom. The highest BCUT2D eigenvalue weighted by molar-refractivity contribution is 14.0. The molecule has 0 atom stereocenters. The van der Waals surface area contributed by atoms with Crippen molar-refractivity contribution in [2.45, 2.75) is 39.5 Å². The summed E-state index contributed by atoms with van der Waals surface area (Å²) in [7, 11) is 0. The summed E-state index contributed by atoms with van der Waals surface area (Å²) in [6.45, 7) is 6.97. The maximum absolute atomic E-state index is 4.79. The van der Waals surface area contributed by atoms with E-state index in [1.54, 1.807) is 0 Å². The fourth-order valence-electron chi connectivity index (χ4n) is 2.85. The first kappa shape index (κ1) is 18.3. The van der Waals surface area contributed by atoms with Gasteiger partial charge in [0.05, 0.1) is 0 Å². The Morgan fingerprint density at radius 3 is 2.19 bits per heavy atom. The Labute approximate surface area is 146 Å². The van der Waals surface area contributed by atoms with E-state index in [9.17, 15) is 0 Å². The van der Waals surface area contributed by atoms with Crippen molar-refractivity contribution < 1.29 is 0 Å². The van der Waals surface area contributed by atoms with Gasteiger partial charge in [0, 0.05) is 19.6 Å². The Morgan fingerprint density at radius 2 is 1.71 bits per heavy atom. The lowest BCUT2D eigenvalue weighted by molar-refractivity contribution is 0.145. The van der Waals surface area contributed by atoms with Crippen molar-refractivity contribution in [3.8, 4) is 0 Å². The van der Waals surface area contributed by atoms with Crippen molar-refractivity contribution in [2.24, 2.45) is 10.4 Å². The molecule has 1 aromatic carbocycles. The SMILES string of the molecule is CCNC(=NCC1(Cc2ccccc2)CCC1)NCC.I. The van der Waals surface area contributed by atoms with Gasteiger partial charge >= 0.3 is 0 Å². The molecule has 118 valence electrons. The lowest BCUT2D eigenvalue weighted by atomic mass is 9.65. The van der Waals surface area contributed by atoms with Gasteiger partial charge in [0.25, 0.3) is 0 Å². The second kappa shape index (κ2) is 9.28. The molecule has 0 aromatic heterocycles. The van der Waals surface area contributed by atoms with Crippen molar-refractivity contribution in [3.63, 3.8) is 0 Å². The summed E-state index contributed by atoms with van der Waals surface area (Å²) < 4.78 is 0. The summed E-state index contributed by atoms with van der Waals surface area (Å²) in [5, 5.41) is 6.61. The number of guanidine groups is 1. The highest BCUT2D eigenvalue weighted by Crippen LogP contribution is 2.43. The Balaban J connectivity index is 0.00000220. The molecule has 0 heterocycles. The molecule has 0 spiro atoms. The number of benzene rings is 1. The zero-order valence-corrected chi connectivity index (χ0v) is 15.5. The van der Waals surface area contributed by atoms with Gasteiger partial charge < -0.3 is 10.6 Å². The number of aliphatic imine (C=N–C) groups is 1. The molecular weight excluding hydrogens is 373 g/mol. The second-order valence-electron chi connectivity index (χ2n) is 5.74. The quantitative estimate of drug-likeness (QED) is 0.434. The molecule has 1 aliphatic rings. The molecule has 0 aliphatic heterocycles. The monoisotopic (exact) mass is 401 g/mol. The van der Waals surface area contributed by atoms with E-state index in [-0.39, 0.29) is 24.0 Å². The molecular formula is C17H28IN3. The van der Waals surface area contributed by atoms with Gasteiger partial charge in [-0.05, 0) is 44.1 Å². The van der Waals surface area contributed by atoms with Gasteiger partial charge in [0.2, 0.25) is 0 Å². The normalized spacial score (nSPS) is 15.3. The van der Waals surface area contributed by atoms with Gasteiger partial charge in [0.1, 0.15) is 0 Å². The number of halogens is 1. The van der Waals surface area contributed by atoms with Crippen LogP contribution in [0.2, 0.25) is 0 Å². The van der Waals surface area contributed by atoms with Crippen LogP contribution in [-0.4, -0.2) is 25.6 Å². The highest BCUT2D eigenvalue weighted by Gasteiger charge is 2.36. The van der Waals surface area contributed by atoms with Gasteiger partial charge in [-0.2, -0.15) is 0 Å². The van der Waals surface area contributed by atoms with Crippen molar-refractivity contribution in [1.82, 2.24) is 10.6 Å². The first-order valence-electron chi connectivity index (χ1n) is 7.84. The molecule has 0 saturated heterocycles. The van der Waals surface area contributed by atoms with E-state index >= 15 is 0 Å². The average Bonchev–Trinajstić information content (AvgIpc) is 2.43. The van der Waals surface area contributed by atoms with E-state index in [2.05, 4.69) is 54.8 Å². The molecule has 1 aromatic rings. The van der Waals surface area contributed by atoms with Crippen LogP contribution in [-0.2, 0) is 6.42 Å². The first-order chi connectivity index (χ1) is 9.78. The summed E-state index contributed by atoms with van der Waals surface area (Å²) in [5.74, 6) is 0.953. The van der Waals surface area contributed by atoms with E-state index in [4.69, 9.17) is 4.99 Å². The molecule has 21 heavy (non-hydrogen) atoms. The standard InChI is InChI=1S/C17H27N3.HI/c1-3-18-16(19-4-2)20-14-17(11-8-12-17)13-15-9-6-5-7-10-15;/h5-7,9-10H,3-4,8,11-14H2,1-2H3,(H2,18,19,20);1H. The van der Waals surface area contributed by atoms with Crippen LogP contribution < -0.4 is 10.6 Å². The van der Waals surface area contributed by atoms with Crippen LogP contribution in [0.25, 0.3) is 0 Å². The molecule has 2 rings (SSSR count). The maximum atomic E-state index is 4.79. The maximum Gasteiger partial charge on any atom is 0.191 e. The molecule has 1 saturated carbocycles. The second-order valence-corrected chi connectivity index (χ2v) is 5.74. The van der Waals surface area contributed by atoms with E-state index in [0.29, 0.717) is 5.41 Å². The molecule has 0 radical (unpaired) electrons. The van der Waals surface area contributed by atoms with Crippen LogP contribution in [0.5, 0.6) is 0 Å². The van der Waals surface area contributed by atoms with Crippen LogP contribution in [0.3, 0.4) is 0 Å². The average molecular weight is 401 g/mol. The Kier molecular flexibility index (Phi) is 8.07. The van der Waals surface area contributed by atoms with Crippen molar-refractivity contribution in [1.29, 1.82) is 0 Å². The zero-order chi connectivity index (χ0) is 14.3. The fraction of sp³-hybridized carbons (Fsp3) is 0.588. The van der Waals surface area contributed by atoms with Crippen molar-refractivity contribution >= 4 is 29.9 Å². The number of rotatable bonds is 6. The lowest BCUT2D eigenvalue weighted by Crippen LogP contribution is -2.40. The minimum atomic E-state index is 0. The minimum absolute atomic E-state index is 0. The van der Waals surface area contributed by atoms with Crippen LogP contribution in [0.15, 0.2) is 35.3 Å². The molecule has 0 amide bonds. The van der Waals surface area contributed by atoms with E-state index in [0.717, 1.165) is 32.0 Å². The van der Waals surface area contributed by atoms with Gasteiger partial charge in [-0.25, -0.2) is 0 Å². The lowest BCUT2D eigenvalue weighted by Gasteiger charge is -2.41. The zero-order valence-electron chi connectivity index (χ0n) is 13.2. The number of nitrogens with zero attached hydrogens (tertiary/aromatic N) is 1. The Hall–Kier alpha value is -0.780. The first-order valence-corrected chi connectivity index (χ1v) is 7.84. The molecule has 3 nitrogen and oxygen atoms in total. The Bertz CT molecular complexity index is 419. The summed E-state index contributed by atoms with van der Waals surface area (Å²) in [4.78, 5) is 4.79. The van der Waals surface area contributed by atoms with Gasteiger partial charge in [-0.15, -0.1) is 24.0 Å². The summed E-state index contributed by atoms with van der Waals surface area (Å²) >= 11 is 0. The van der Waals surface area contributed by atoms with Gasteiger partial charge in [-0.1, -0.05) is 36.8 Å². The predicted molar refractivity (Wildman–Crippen MR) is 102 cm³/mol. The largest absolute Gasteiger partial charge is 0.357 e. The minimum Gasteiger partial charge on any atom is -0.357 e. The van der Waals surface area contributed by atoms with Crippen molar-refractivity contribution in [3.05, 3.63) is 35.9 Å². The van der Waals surface area contributed by atoms with Crippen LogP contribution in [0, 0.1) is 5.41 Å². The fourth-order valence-corrected chi connectivity index (χ4v) is 2.85. The van der Waals surface area contributed by atoms with E-state index in [1.807, 2.05) is 0 Å². The summed E-state index contributed by atoms with van der Waals surface area (Å²) in [6, 6.07) is 10.8. The van der Waals surface area contributed by atoms with E-state index in [1.165, 1.54) is 24.8 Å². The summed E-state index contributed by atoms with van der Waals surface area (Å²) in [5.41, 5.74) is 1.83. The molecule has 1 aliphatic carbocycles. The van der Waals surface area contributed by atoms with Crippen LogP contribution in [0.4, 0.5) is 0 Å². The van der Waals surface area contributed by atoms with Gasteiger partial charge in [-0.3, -0.25) is 4.99 Å². The van der Waals surface area contributed by atoms with Crippen LogP contribution in [0.1, 0.15) is 38.7 Å². The smallest absolute Gasteiger partial charge is 0.191 e. The molecule has 4 heteroatoms. The topological polar surface area (TPSA) is 36.4 Å². The third-order valence-corrected chi connectivity index (χ3v) is 4.10. The third kappa shape index (κ3) is 5.49. The number of nitrogens with one attached hydrogen (secondary N) is 2. The van der Waals surface area contributed by atoms with Crippen LogP contribution >= 0.6 is 24.0 Å². The molecule has 0 unspecified atom stereocenters. The third-order valence-electron chi connectivity index (χ3n) is 4.10. The molecule has 0 bridgehead atoms. The highest BCUT2D eigenvalue weighted by atomic mass is 127. The summed E-state index contributed by atoms with van der Waals surface area (Å²) in [6.07, 6.45) is 5.11. The molecule has 2 N–H and O–H groups in total. The van der Waals surface area contributed by atoms with Gasteiger partial charge in [0.15, 0.2) is 5.96 Å². The number of hydrogen-bond acceptors (Lipinski definition) is 1. The van der Waals surface area contributed by atoms with E-state index < -0.39 is 0 Å².